The third-order valence-corrected chi connectivity index (χ3v) is 14.9. The lowest BCUT2D eigenvalue weighted by atomic mass is 10.1. The number of hydrogen-bond acceptors (Lipinski definition) is 11. The van der Waals surface area contributed by atoms with E-state index in [1.165, 1.54) is 74.5 Å². The van der Waals surface area contributed by atoms with Gasteiger partial charge in [0.15, 0.2) is 0 Å². The van der Waals surface area contributed by atoms with Crippen LogP contribution in [0.5, 0.6) is 11.5 Å². The maximum Gasteiger partial charge on any atom is 0.323 e. The third kappa shape index (κ3) is 5.27. The molecule has 6 N–H and O–H groups in total. The number of anilines is 6. The Morgan fingerprint density at radius 2 is 0.929 bits per heavy atom. The quantitative estimate of drug-likeness (QED) is 0.108. The number of carbonyl (C=O) groups excluding carboxylic acids is 1. The van der Waals surface area contributed by atoms with Gasteiger partial charge in [0.2, 0.25) is 0 Å². The summed E-state index contributed by atoms with van der Waals surface area (Å²) in [6.07, 6.45) is 0. The number of hydrogen-bond donors (Lipinski definition) is 6. The molecule has 0 aliphatic carbocycles. The molecule has 0 saturated heterocycles. The fourth-order valence-electron chi connectivity index (χ4n) is 7.17. The van der Waals surface area contributed by atoms with E-state index >= 15 is 0 Å². The Morgan fingerprint density at radius 1 is 0.554 bits per heavy atom. The smallest absolute Gasteiger partial charge is 0.323 e. The summed E-state index contributed by atoms with van der Waals surface area (Å²) >= 11 is 0. The first kappa shape index (κ1) is 37.0. The number of urea groups is 1. The zero-order chi connectivity index (χ0) is 40.4. The summed E-state index contributed by atoms with van der Waals surface area (Å²) in [5.41, 5.74) is -1.42. The van der Waals surface area contributed by atoms with Gasteiger partial charge in [0.25, 0.3) is 40.3 Å². The summed E-state index contributed by atoms with van der Waals surface area (Å²) in [5.74, 6) is -0.589. The monoisotopic (exact) mass is 838 g/mol. The Morgan fingerprint density at radius 3 is 1.29 bits per heavy atom. The standard InChI is InChI=1S/C35H26N4O13S4/c1-17-23-11-15-27(53(43,44)38(23)33-21-5-3-7-25(40)19(21)9-13-29(33)55(47,48)49)31(17)36-35(42)37-32-18(2)24-12-16-28(32)54(45,46)39(24)34-22-6-4-8-26(41)20(22)10-14-30(34)56(50,51)52/h3-16,40-41H,1-2H3,(H2,36,37,42)(H,47,48,49)(H,50,51,52). The molecule has 0 saturated carbocycles. The first-order valence-corrected chi connectivity index (χ1v) is 21.8. The van der Waals surface area contributed by atoms with Crippen LogP contribution in [0.1, 0.15) is 11.1 Å². The van der Waals surface area contributed by atoms with Crippen LogP contribution in [-0.4, -0.2) is 59.0 Å². The molecule has 0 aromatic heterocycles. The lowest BCUT2D eigenvalue weighted by Gasteiger charge is -2.35. The van der Waals surface area contributed by atoms with E-state index in [9.17, 15) is 57.8 Å². The van der Waals surface area contributed by atoms with Crippen molar-refractivity contribution in [3.8, 4) is 11.5 Å². The van der Waals surface area contributed by atoms with Crippen LogP contribution in [0.3, 0.4) is 0 Å². The van der Waals surface area contributed by atoms with E-state index in [0.29, 0.717) is 8.61 Å². The van der Waals surface area contributed by atoms with Gasteiger partial charge >= 0.3 is 6.03 Å². The Hall–Kier alpha value is -5.97. The molecule has 288 valence electrons. The number of phenolic OH excluding ortho intramolecular Hbond substituents is 2. The first-order chi connectivity index (χ1) is 26.2. The minimum atomic E-state index is -5.03. The van der Waals surface area contributed by atoms with E-state index in [4.69, 9.17) is 0 Å². The molecule has 6 aromatic carbocycles. The van der Waals surface area contributed by atoms with Crippen molar-refractivity contribution in [3.05, 3.63) is 96.1 Å². The zero-order valence-corrected chi connectivity index (χ0v) is 31.8. The highest BCUT2D eigenvalue weighted by molar-refractivity contribution is 7.94. The molecule has 4 heterocycles. The molecule has 21 heteroatoms. The van der Waals surface area contributed by atoms with Gasteiger partial charge in [-0.25, -0.2) is 30.2 Å². The van der Waals surface area contributed by atoms with Crippen molar-refractivity contribution in [1.29, 1.82) is 0 Å². The molecule has 2 amide bonds. The van der Waals surface area contributed by atoms with Gasteiger partial charge in [0, 0.05) is 21.5 Å². The SMILES string of the molecule is Cc1c2ccc(c1NC(=O)Nc1c3ccc(c1C)N(c1c(S(=O)(=O)O)ccc4c(O)cccc14)S3(=O)=O)S(=O)(=O)N2c1c(S(=O)(=O)O)ccc2c(O)cccc12. The van der Waals surface area contributed by atoms with Gasteiger partial charge < -0.3 is 20.8 Å². The fraction of sp³-hybridized carbons (Fsp3) is 0.0571. The van der Waals surface area contributed by atoms with Gasteiger partial charge in [0.1, 0.15) is 31.1 Å². The number of sulfonamides is 2. The lowest BCUT2D eigenvalue weighted by molar-refractivity contribution is 0.262. The van der Waals surface area contributed by atoms with Gasteiger partial charge in [-0.2, -0.15) is 16.8 Å². The van der Waals surface area contributed by atoms with Crippen molar-refractivity contribution in [3.63, 3.8) is 0 Å². The molecule has 0 spiro atoms. The van der Waals surface area contributed by atoms with Crippen LogP contribution in [-0.2, 0) is 40.3 Å². The highest BCUT2D eigenvalue weighted by Crippen LogP contribution is 2.52. The highest BCUT2D eigenvalue weighted by atomic mass is 32.2. The largest absolute Gasteiger partial charge is 0.507 e. The molecule has 6 aromatic rings. The van der Waals surface area contributed by atoms with Crippen LogP contribution in [0.4, 0.5) is 38.9 Å². The van der Waals surface area contributed by atoms with Crippen molar-refractivity contribution in [2.75, 3.05) is 19.2 Å². The number of fused-ring (bicyclic) bond motifs is 8. The first-order valence-electron chi connectivity index (χ1n) is 16.1. The Bertz CT molecular complexity index is 3050. The van der Waals surface area contributed by atoms with Crippen LogP contribution in [0.15, 0.2) is 105 Å². The van der Waals surface area contributed by atoms with E-state index in [1.807, 2.05) is 0 Å². The van der Waals surface area contributed by atoms with Crippen molar-refractivity contribution < 1.29 is 57.8 Å². The van der Waals surface area contributed by atoms with E-state index in [1.54, 1.807) is 0 Å². The summed E-state index contributed by atoms with van der Waals surface area (Å²) in [6, 6.07) is 16.3. The Balaban J connectivity index is 1.21. The van der Waals surface area contributed by atoms with E-state index in [2.05, 4.69) is 10.6 Å². The summed E-state index contributed by atoms with van der Waals surface area (Å²) in [7, 11) is -19.5. The summed E-state index contributed by atoms with van der Waals surface area (Å²) < 4.78 is 129. The molecule has 4 aliphatic heterocycles. The molecule has 10 rings (SSSR count). The topological polar surface area (TPSA) is 265 Å². The van der Waals surface area contributed by atoms with E-state index in [0.717, 1.165) is 24.3 Å². The number of rotatable bonds is 6. The van der Waals surface area contributed by atoms with Crippen LogP contribution in [0, 0.1) is 13.8 Å². The third-order valence-electron chi connectivity index (χ3n) is 9.66. The average Bonchev–Trinajstić information content (AvgIpc) is 3.10. The second-order valence-electron chi connectivity index (χ2n) is 12.8. The molecule has 4 bridgehead atoms. The van der Waals surface area contributed by atoms with Crippen LogP contribution >= 0.6 is 0 Å². The molecule has 0 unspecified atom stereocenters. The second-order valence-corrected chi connectivity index (χ2v) is 19.1. The van der Waals surface area contributed by atoms with Crippen LogP contribution in [0.25, 0.3) is 21.5 Å². The predicted molar refractivity (Wildman–Crippen MR) is 205 cm³/mol. The molecule has 0 radical (unpaired) electrons. The maximum absolute atomic E-state index is 14.2. The van der Waals surface area contributed by atoms with Crippen molar-refractivity contribution >= 4 is 102 Å². The molecule has 0 atom stereocenters. The summed E-state index contributed by atoms with van der Waals surface area (Å²) in [6.45, 7) is 2.87. The minimum absolute atomic E-state index is 0.0330. The molecule has 0 fully saturated rings. The Kier molecular flexibility index (Phi) is 7.93. The average molecular weight is 839 g/mol. The van der Waals surface area contributed by atoms with Gasteiger partial charge in [-0.15, -0.1) is 0 Å². The summed E-state index contributed by atoms with van der Waals surface area (Å²) in [4.78, 5) is 11.1. The number of aromatic hydroxyl groups is 2. The highest BCUT2D eigenvalue weighted by Gasteiger charge is 2.43. The van der Waals surface area contributed by atoms with E-state index < -0.39 is 77.3 Å². The molecule has 56 heavy (non-hydrogen) atoms. The van der Waals surface area contributed by atoms with Crippen molar-refractivity contribution in [1.82, 2.24) is 0 Å². The number of nitrogens with zero attached hydrogens (tertiary/aromatic N) is 2. The molecular weight excluding hydrogens is 813 g/mol. The number of carbonyl (C=O) groups is 1. The predicted octanol–water partition coefficient (Wildman–Crippen LogP) is 5.84. The number of phenols is 2. The number of nitrogens with one attached hydrogen (secondary N) is 2. The molecule has 17 nitrogen and oxygen atoms in total. The maximum atomic E-state index is 14.2. The van der Waals surface area contributed by atoms with Crippen LogP contribution < -0.4 is 19.2 Å². The normalized spacial score (nSPS) is 15.4. The minimum Gasteiger partial charge on any atom is -0.507 e. The second kappa shape index (κ2) is 12.0. The van der Waals surface area contributed by atoms with Crippen molar-refractivity contribution in [2.24, 2.45) is 0 Å². The van der Waals surface area contributed by atoms with Crippen LogP contribution in [0.2, 0.25) is 0 Å². The molecule has 4 aliphatic rings. The van der Waals surface area contributed by atoms with Gasteiger partial charge in [-0.3, -0.25) is 9.11 Å². The Labute approximate surface area is 318 Å². The van der Waals surface area contributed by atoms with Crippen molar-refractivity contribution in [2.45, 2.75) is 33.4 Å². The fourth-order valence-corrected chi connectivity index (χ4v) is 12.2. The lowest BCUT2D eigenvalue weighted by Crippen LogP contribution is -2.36. The van der Waals surface area contributed by atoms with Gasteiger partial charge in [-0.1, -0.05) is 24.3 Å². The van der Waals surface area contributed by atoms with Gasteiger partial charge in [-0.05, 0) is 85.6 Å². The summed E-state index contributed by atoms with van der Waals surface area (Å²) in [5, 5.41) is 25.9. The number of amides is 2. The van der Waals surface area contributed by atoms with Gasteiger partial charge in [0.05, 0.1) is 34.1 Å². The number of benzene rings is 6. The molecular formula is C35H26N4O13S4. The zero-order valence-electron chi connectivity index (χ0n) is 28.6. The van der Waals surface area contributed by atoms with E-state index in [-0.39, 0.29) is 66.9 Å².